The van der Waals surface area contributed by atoms with Gasteiger partial charge in [-0.25, -0.2) is 9.59 Å². The van der Waals surface area contributed by atoms with Crippen LogP contribution in [-0.4, -0.2) is 55.7 Å². The molecule has 0 bridgehead atoms. The molecule has 0 aromatic heterocycles. The molecule has 3 atom stereocenters. The summed E-state index contributed by atoms with van der Waals surface area (Å²) in [6, 6.07) is 4.16. The Balaban J connectivity index is 1.73. The van der Waals surface area contributed by atoms with Gasteiger partial charge in [0.2, 0.25) is 0 Å². The van der Waals surface area contributed by atoms with Gasteiger partial charge < -0.3 is 19.5 Å². The van der Waals surface area contributed by atoms with Crippen LogP contribution in [0.25, 0.3) is 5.57 Å². The highest BCUT2D eigenvalue weighted by Crippen LogP contribution is 2.46. The zero-order chi connectivity index (χ0) is 36.6. The molecule has 1 heterocycles. The number of alkyl halides is 6. The molecular weight excluding hydrogens is 658 g/mol. The Kier molecular flexibility index (Phi) is 10.7. The minimum atomic E-state index is -5.06. The first-order chi connectivity index (χ1) is 22.7. The Morgan fingerprint density at radius 2 is 1.63 bits per heavy atom. The molecule has 1 aliphatic carbocycles. The number of allylic oxidation sites excluding steroid dienone is 1. The van der Waals surface area contributed by atoms with Gasteiger partial charge >= 0.3 is 24.4 Å². The summed E-state index contributed by atoms with van der Waals surface area (Å²) in [5.41, 5.74) is -1.28. The Morgan fingerprint density at radius 3 is 2.16 bits per heavy atom. The second-order valence-corrected chi connectivity index (χ2v) is 13.6. The first-order valence-electron chi connectivity index (χ1n) is 15.7. The summed E-state index contributed by atoms with van der Waals surface area (Å²) in [7, 11) is 2.69. The van der Waals surface area contributed by atoms with Crippen LogP contribution in [0.2, 0.25) is 0 Å². The number of rotatable bonds is 9. The third kappa shape index (κ3) is 8.33. The van der Waals surface area contributed by atoms with E-state index in [1.807, 2.05) is 13.8 Å². The molecule has 1 N–H and O–H groups in total. The van der Waals surface area contributed by atoms with Gasteiger partial charge in [0.25, 0.3) is 5.91 Å². The number of nitrogens with zero attached hydrogens (tertiary/aromatic N) is 1. The van der Waals surface area contributed by atoms with Crippen LogP contribution < -0.4 is 10.1 Å². The predicted octanol–water partition coefficient (Wildman–Crippen LogP) is 8.21. The summed E-state index contributed by atoms with van der Waals surface area (Å²) in [5, 5.41) is 2.71. The normalized spacial score (nSPS) is 20.3. The standard InChI is InChI=1S/C35H40F6N2O6/c1-18(2)28(31(45)48-7)42-30(44)20-8-9-27(47-6)26(14-20)25-10-11-33(4,5)16-22(25)17-43-19(3)29(49-32(43)46)21-12-23(34(36,37)38)15-24(13-21)35(39,40)41/h8-9,12-15,18-19,28-29H,10-11,16-17H2,1-7H3,(H,42,44)/t19-,28?,29-/m0/s1. The Morgan fingerprint density at radius 1 is 1.02 bits per heavy atom. The van der Waals surface area contributed by atoms with Crippen molar-refractivity contribution >= 4 is 23.5 Å². The molecule has 2 amide bonds. The smallest absolute Gasteiger partial charge is 0.416 e. The fraction of sp³-hybridized carbons (Fsp3) is 0.514. The van der Waals surface area contributed by atoms with Crippen molar-refractivity contribution in [1.82, 2.24) is 10.2 Å². The average molecular weight is 699 g/mol. The highest BCUT2D eigenvalue weighted by atomic mass is 19.4. The third-order valence-corrected chi connectivity index (χ3v) is 9.06. The van der Waals surface area contributed by atoms with Crippen LogP contribution in [0.5, 0.6) is 5.75 Å². The molecule has 2 aromatic carbocycles. The number of cyclic esters (lactones) is 1. The summed E-state index contributed by atoms with van der Waals surface area (Å²) < 4.78 is 97.5. The van der Waals surface area contributed by atoms with Crippen molar-refractivity contribution in [3.8, 4) is 5.75 Å². The van der Waals surface area contributed by atoms with E-state index in [0.29, 0.717) is 36.3 Å². The van der Waals surface area contributed by atoms with Crippen LogP contribution >= 0.6 is 0 Å². The minimum absolute atomic E-state index is 0.0301. The van der Waals surface area contributed by atoms with Gasteiger partial charge in [-0.1, -0.05) is 27.7 Å². The number of nitrogens with one attached hydrogen (secondary N) is 1. The highest BCUT2D eigenvalue weighted by Gasteiger charge is 2.44. The molecule has 0 radical (unpaired) electrons. The van der Waals surface area contributed by atoms with Crippen LogP contribution in [0, 0.1) is 11.3 Å². The van der Waals surface area contributed by atoms with Crippen molar-refractivity contribution in [2.75, 3.05) is 20.8 Å². The van der Waals surface area contributed by atoms with Crippen LogP contribution in [-0.2, 0) is 26.6 Å². The lowest BCUT2D eigenvalue weighted by Gasteiger charge is -2.36. The number of hydrogen-bond acceptors (Lipinski definition) is 6. The largest absolute Gasteiger partial charge is 0.496 e. The van der Waals surface area contributed by atoms with E-state index in [2.05, 4.69) is 5.32 Å². The van der Waals surface area contributed by atoms with Crippen molar-refractivity contribution < 1.29 is 54.9 Å². The molecular formula is C35H40F6N2O6. The fourth-order valence-electron chi connectivity index (χ4n) is 6.33. The Hall–Kier alpha value is -4.23. The summed E-state index contributed by atoms with van der Waals surface area (Å²) in [4.78, 5) is 40.1. The minimum Gasteiger partial charge on any atom is -0.496 e. The van der Waals surface area contributed by atoms with E-state index in [1.54, 1.807) is 32.0 Å². The molecule has 1 saturated heterocycles. The van der Waals surface area contributed by atoms with Crippen molar-refractivity contribution in [3.05, 3.63) is 69.8 Å². The van der Waals surface area contributed by atoms with E-state index < -0.39 is 65.2 Å². The van der Waals surface area contributed by atoms with E-state index in [4.69, 9.17) is 14.2 Å². The van der Waals surface area contributed by atoms with Gasteiger partial charge in [0.05, 0.1) is 31.4 Å². The second kappa shape index (κ2) is 13.9. The van der Waals surface area contributed by atoms with Crippen molar-refractivity contribution in [3.63, 3.8) is 0 Å². The zero-order valence-electron chi connectivity index (χ0n) is 28.3. The van der Waals surface area contributed by atoms with Gasteiger partial charge in [-0.2, -0.15) is 26.3 Å². The summed E-state index contributed by atoms with van der Waals surface area (Å²) in [5.74, 6) is -0.937. The van der Waals surface area contributed by atoms with E-state index in [9.17, 15) is 40.7 Å². The van der Waals surface area contributed by atoms with Crippen molar-refractivity contribution in [2.45, 2.75) is 84.4 Å². The van der Waals surface area contributed by atoms with Crippen LogP contribution in [0.3, 0.4) is 0 Å². The molecule has 268 valence electrons. The van der Waals surface area contributed by atoms with E-state index >= 15 is 0 Å². The first-order valence-corrected chi connectivity index (χ1v) is 15.7. The predicted molar refractivity (Wildman–Crippen MR) is 167 cm³/mol. The van der Waals surface area contributed by atoms with Crippen molar-refractivity contribution in [2.24, 2.45) is 11.3 Å². The molecule has 14 heteroatoms. The molecule has 8 nitrogen and oxygen atoms in total. The Bertz CT molecular complexity index is 1600. The monoisotopic (exact) mass is 698 g/mol. The SMILES string of the molecule is COC(=O)C(NC(=O)c1ccc(OC)c(C2=C(CN3C(=O)O[C@H](c4cc(C(F)(F)F)cc(C(F)(F)F)c4)[C@@H]3C)CC(C)(C)CC2)c1)C(C)C. The average Bonchev–Trinajstić information content (AvgIpc) is 3.29. The maximum Gasteiger partial charge on any atom is 0.416 e. The molecule has 0 spiro atoms. The van der Waals surface area contributed by atoms with E-state index in [-0.39, 0.29) is 29.5 Å². The Labute approximate surface area is 280 Å². The van der Waals surface area contributed by atoms with Crippen LogP contribution in [0.4, 0.5) is 31.1 Å². The molecule has 2 aliphatic rings. The number of methoxy groups -OCH3 is 2. The number of halogens is 6. The molecule has 2 aromatic rings. The maximum atomic E-state index is 13.6. The molecule has 4 rings (SSSR count). The number of ether oxygens (including phenoxy) is 3. The number of carbonyl (C=O) groups is 3. The third-order valence-electron chi connectivity index (χ3n) is 9.06. The van der Waals surface area contributed by atoms with Gasteiger partial charge in [0.15, 0.2) is 0 Å². The van der Waals surface area contributed by atoms with Gasteiger partial charge in [-0.05, 0) is 90.6 Å². The molecule has 0 saturated carbocycles. The molecule has 49 heavy (non-hydrogen) atoms. The molecule has 1 unspecified atom stereocenters. The lowest BCUT2D eigenvalue weighted by atomic mass is 9.72. The lowest BCUT2D eigenvalue weighted by molar-refractivity contribution is -0.144. The number of carbonyl (C=O) groups excluding carboxylic acids is 3. The number of esters is 1. The van der Waals surface area contributed by atoms with Gasteiger partial charge in [-0.15, -0.1) is 0 Å². The first kappa shape index (κ1) is 37.6. The number of hydrogen-bond donors (Lipinski definition) is 1. The number of benzene rings is 2. The zero-order valence-corrected chi connectivity index (χ0v) is 28.3. The van der Waals surface area contributed by atoms with Gasteiger partial charge in [0.1, 0.15) is 17.9 Å². The summed E-state index contributed by atoms with van der Waals surface area (Å²) >= 11 is 0. The van der Waals surface area contributed by atoms with Crippen LogP contribution in [0.15, 0.2) is 42.0 Å². The number of amides is 2. The quantitative estimate of drug-likeness (QED) is 0.210. The van der Waals surface area contributed by atoms with E-state index in [1.165, 1.54) is 26.0 Å². The topological polar surface area (TPSA) is 94.2 Å². The maximum absolute atomic E-state index is 13.6. The van der Waals surface area contributed by atoms with Crippen molar-refractivity contribution in [1.29, 1.82) is 0 Å². The molecule has 1 fully saturated rings. The second-order valence-electron chi connectivity index (χ2n) is 13.6. The van der Waals surface area contributed by atoms with Crippen LogP contribution in [0.1, 0.15) is 92.6 Å². The summed E-state index contributed by atoms with van der Waals surface area (Å²) in [6.07, 6.45) is -10.7. The van der Waals surface area contributed by atoms with E-state index in [0.717, 1.165) is 17.6 Å². The van der Waals surface area contributed by atoms with Gasteiger partial charge in [-0.3, -0.25) is 9.69 Å². The lowest BCUT2D eigenvalue weighted by Crippen LogP contribution is -2.45. The van der Waals surface area contributed by atoms with Gasteiger partial charge in [0, 0.05) is 17.7 Å². The molecule has 1 aliphatic heterocycles. The highest BCUT2D eigenvalue weighted by molar-refractivity contribution is 5.98. The fourth-order valence-corrected chi connectivity index (χ4v) is 6.33. The summed E-state index contributed by atoms with van der Waals surface area (Å²) in [6.45, 7) is 9.09.